The summed E-state index contributed by atoms with van der Waals surface area (Å²) in [7, 11) is 0. The van der Waals surface area contributed by atoms with Crippen molar-refractivity contribution in [2.75, 3.05) is 32.7 Å². The van der Waals surface area contributed by atoms with E-state index in [1.807, 2.05) is 42.2 Å². The Bertz CT molecular complexity index is 497. The van der Waals surface area contributed by atoms with Crippen molar-refractivity contribution in [3.05, 3.63) is 35.9 Å². The zero-order valence-electron chi connectivity index (χ0n) is 15.6. The van der Waals surface area contributed by atoms with Crippen LogP contribution in [0.1, 0.15) is 38.8 Å². The second-order valence-electron chi connectivity index (χ2n) is 6.65. The van der Waals surface area contributed by atoms with Crippen LogP contribution in [-0.4, -0.2) is 48.4 Å². The first-order valence-corrected chi connectivity index (χ1v) is 8.88. The van der Waals surface area contributed by atoms with Crippen molar-refractivity contribution in [1.82, 2.24) is 9.80 Å². The van der Waals surface area contributed by atoms with Crippen LogP contribution in [0.3, 0.4) is 0 Å². The van der Waals surface area contributed by atoms with Crippen LogP contribution in [0.15, 0.2) is 30.3 Å². The zero-order chi connectivity index (χ0) is 16.8. The number of carbonyl (C=O) groups is 1. The molecule has 0 aromatic heterocycles. The average molecular weight is 390 g/mol. The first-order chi connectivity index (χ1) is 11.1. The first-order valence-electron chi connectivity index (χ1n) is 8.88. The van der Waals surface area contributed by atoms with Crippen LogP contribution >= 0.6 is 24.8 Å². The monoisotopic (exact) mass is 389 g/mol. The molecule has 0 aliphatic carbocycles. The van der Waals surface area contributed by atoms with Gasteiger partial charge in [0.05, 0.1) is 5.92 Å². The number of nitrogens with zero attached hydrogens (tertiary/aromatic N) is 2. The number of hydrogen-bond donors (Lipinski definition) is 1. The maximum absolute atomic E-state index is 12.8. The molecule has 0 saturated carbocycles. The molecule has 1 aromatic carbocycles. The molecule has 6 heteroatoms. The van der Waals surface area contributed by atoms with Crippen LogP contribution in [0.5, 0.6) is 0 Å². The van der Waals surface area contributed by atoms with Gasteiger partial charge >= 0.3 is 0 Å². The van der Waals surface area contributed by atoms with E-state index in [1.165, 1.54) is 0 Å². The van der Waals surface area contributed by atoms with Crippen LogP contribution in [-0.2, 0) is 4.79 Å². The molecule has 2 N–H and O–H groups in total. The molecule has 3 unspecified atom stereocenters. The number of hydrogen-bond acceptors (Lipinski definition) is 3. The number of benzene rings is 1. The summed E-state index contributed by atoms with van der Waals surface area (Å²) in [6.45, 7) is 11.3. The van der Waals surface area contributed by atoms with E-state index in [0.717, 1.165) is 44.7 Å². The smallest absolute Gasteiger partial charge is 0.227 e. The van der Waals surface area contributed by atoms with Crippen LogP contribution < -0.4 is 5.73 Å². The molecule has 0 radical (unpaired) electrons. The van der Waals surface area contributed by atoms with Crippen molar-refractivity contribution in [1.29, 1.82) is 0 Å². The van der Waals surface area contributed by atoms with Crippen molar-refractivity contribution in [2.45, 2.75) is 33.2 Å². The van der Waals surface area contributed by atoms with Crippen molar-refractivity contribution >= 4 is 30.7 Å². The number of rotatable bonds is 7. The highest BCUT2D eigenvalue weighted by Gasteiger charge is 2.32. The Kier molecular flexibility index (Phi) is 11.4. The Morgan fingerprint density at radius 1 is 1.24 bits per heavy atom. The Balaban J connectivity index is 0.00000288. The topological polar surface area (TPSA) is 49.6 Å². The highest BCUT2D eigenvalue weighted by Crippen LogP contribution is 2.25. The molecule has 1 aliphatic heterocycles. The molecule has 1 amide bonds. The predicted molar refractivity (Wildman–Crippen MR) is 110 cm³/mol. The van der Waals surface area contributed by atoms with Gasteiger partial charge in [0.1, 0.15) is 0 Å². The molecule has 2 rings (SSSR count). The molecule has 3 atom stereocenters. The van der Waals surface area contributed by atoms with Crippen molar-refractivity contribution in [3.8, 4) is 0 Å². The van der Waals surface area contributed by atoms with Gasteiger partial charge in [-0.15, -0.1) is 24.8 Å². The van der Waals surface area contributed by atoms with E-state index in [0.29, 0.717) is 5.92 Å². The molecule has 4 nitrogen and oxygen atoms in total. The van der Waals surface area contributed by atoms with Crippen molar-refractivity contribution < 1.29 is 4.79 Å². The SMILES string of the molecule is CCN(CC)CC1CCN(C(=O)C(C)C(N)c2ccccc2)C1.Cl.Cl. The minimum atomic E-state index is -0.231. The van der Waals surface area contributed by atoms with E-state index >= 15 is 0 Å². The molecule has 25 heavy (non-hydrogen) atoms. The lowest BCUT2D eigenvalue weighted by molar-refractivity contribution is -0.134. The Morgan fingerprint density at radius 3 is 2.40 bits per heavy atom. The van der Waals surface area contributed by atoms with Gasteiger partial charge in [0, 0.05) is 25.7 Å². The van der Waals surface area contributed by atoms with Gasteiger partial charge in [0.15, 0.2) is 0 Å². The number of carbonyl (C=O) groups excluding carboxylic acids is 1. The fourth-order valence-corrected chi connectivity index (χ4v) is 3.43. The molecule has 1 heterocycles. The zero-order valence-corrected chi connectivity index (χ0v) is 17.2. The van der Waals surface area contributed by atoms with Gasteiger partial charge in [0.2, 0.25) is 5.91 Å². The van der Waals surface area contributed by atoms with Gasteiger partial charge in [-0.25, -0.2) is 0 Å². The summed E-state index contributed by atoms with van der Waals surface area (Å²) < 4.78 is 0. The second-order valence-corrected chi connectivity index (χ2v) is 6.65. The highest BCUT2D eigenvalue weighted by atomic mass is 35.5. The summed E-state index contributed by atoms with van der Waals surface area (Å²) in [4.78, 5) is 17.2. The Labute approximate surface area is 164 Å². The van der Waals surface area contributed by atoms with Crippen LogP contribution in [0.25, 0.3) is 0 Å². The summed E-state index contributed by atoms with van der Waals surface area (Å²) >= 11 is 0. The molecule has 144 valence electrons. The van der Waals surface area contributed by atoms with Gasteiger partial charge in [-0.3, -0.25) is 4.79 Å². The molecular formula is C19H33Cl2N3O. The van der Waals surface area contributed by atoms with Gasteiger partial charge in [-0.2, -0.15) is 0 Å². The third-order valence-electron chi connectivity index (χ3n) is 5.12. The minimum absolute atomic E-state index is 0. The average Bonchev–Trinajstić information content (AvgIpc) is 3.07. The number of nitrogens with two attached hydrogens (primary N) is 1. The molecular weight excluding hydrogens is 357 g/mol. The first kappa shape index (κ1) is 24.2. The van der Waals surface area contributed by atoms with Crippen LogP contribution in [0.4, 0.5) is 0 Å². The number of amides is 1. The van der Waals surface area contributed by atoms with Crippen LogP contribution in [0, 0.1) is 11.8 Å². The summed E-state index contributed by atoms with van der Waals surface area (Å²) in [5, 5.41) is 0. The van der Waals surface area contributed by atoms with Gasteiger partial charge in [-0.1, -0.05) is 51.1 Å². The van der Waals surface area contributed by atoms with E-state index in [-0.39, 0.29) is 42.7 Å². The van der Waals surface area contributed by atoms with Crippen molar-refractivity contribution in [2.24, 2.45) is 17.6 Å². The number of likely N-dealkylation sites (tertiary alicyclic amines) is 1. The Hall–Kier alpha value is -0.810. The maximum Gasteiger partial charge on any atom is 0.227 e. The summed E-state index contributed by atoms with van der Waals surface area (Å²) in [6, 6.07) is 9.69. The quantitative estimate of drug-likeness (QED) is 0.777. The Morgan fingerprint density at radius 2 is 1.84 bits per heavy atom. The van der Waals surface area contributed by atoms with E-state index < -0.39 is 0 Å². The van der Waals surface area contributed by atoms with E-state index in [2.05, 4.69) is 18.7 Å². The molecule has 1 saturated heterocycles. The van der Waals surface area contributed by atoms with Crippen LogP contribution in [0.2, 0.25) is 0 Å². The van der Waals surface area contributed by atoms with Crippen molar-refractivity contribution in [3.63, 3.8) is 0 Å². The fraction of sp³-hybridized carbons (Fsp3) is 0.632. The standard InChI is InChI=1S/C19H31N3O.2ClH/c1-4-21(5-2)13-16-11-12-22(14-16)19(23)15(3)18(20)17-9-7-6-8-10-17;;/h6-10,15-16,18H,4-5,11-14,20H2,1-3H3;2*1H. The lowest BCUT2D eigenvalue weighted by Gasteiger charge is -2.26. The second kappa shape index (κ2) is 11.7. The molecule has 1 aliphatic rings. The van der Waals surface area contributed by atoms with Gasteiger partial charge in [0.25, 0.3) is 0 Å². The van der Waals surface area contributed by atoms with E-state index in [1.54, 1.807) is 0 Å². The van der Waals surface area contributed by atoms with E-state index in [9.17, 15) is 4.79 Å². The lowest BCUT2D eigenvalue weighted by atomic mass is 9.94. The molecule has 1 fully saturated rings. The third-order valence-corrected chi connectivity index (χ3v) is 5.12. The normalized spacial score (nSPS) is 19.1. The summed E-state index contributed by atoms with van der Waals surface area (Å²) in [6.07, 6.45) is 1.11. The molecule has 0 spiro atoms. The molecule has 1 aromatic rings. The summed E-state index contributed by atoms with van der Waals surface area (Å²) in [5.41, 5.74) is 7.34. The predicted octanol–water partition coefficient (Wildman–Crippen LogP) is 3.36. The molecule has 0 bridgehead atoms. The minimum Gasteiger partial charge on any atom is -0.342 e. The fourth-order valence-electron chi connectivity index (χ4n) is 3.43. The third kappa shape index (κ3) is 6.45. The highest BCUT2D eigenvalue weighted by molar-refractivity contribution is 5.85. The maximum atomic E-state index is 12.8. The van der Waals surface area contributed by atoms with Gasteiger partial charge in [-0.05, 0) is 31.0 Å². The number of halogens is 2. The largest absolute Gasteiger partial charge is 0.342 e. The summed E-state index contributed by atoms with van der Waals surface area (Å²) in [5.74, 6) is 0.618. The van der Waals surface area contributed by atoms with Gasteiger partial charge < -0.3 is 15.5 Å². The van der Waals surface area contributed by atoms with E-state index in [4.69, 9.17) is 5.73 Å². The lowest BCUT2D eigenvalue weighted by Crippen LogP contribution is -2.39.